The van der Waals surface area contributed by atoms with Crippen molar-refractivity contribution in [3.05, 3.63) is 11.8 Å². The van der Waals surface area contributed by atoms with Crippen molar-refractivity contribution >= 4 is 25.3 Å². The highest BCUT2D eigenvalue weighted by atomic mass is 32.1. The number of carbonyl (C=O) groups excluding carboxylic acids is 2. The summed E-state index contributed by atoms with van der Waals surface area (Å²) in [5, 5.41) is 1.96. The Morgan fingerprint density at radius 3 is 2.61 bits per heavy atom. The molecule has 104 valence electrons. The number of amides is 3. The molecule has 0 radical (unpaired) electrons. The van der Waals surface area contributed by atoms with Gasteiger partial charge in [-0.05, 0) is 25.7 Å². The molecule has 3 amide bonds. The minimum absolute atomic E-state index is 0.320. The molecule has 0 aromatic heterocycles. The fourth-order valence-electron chi connectivity index (χ4n) is 1.13. The molecule has 1 unspecified atom stereocenters. The number of nitrogens with one attached hydrogen (secondary N) is 1. The minimum Gasteiger partial charge on any atom is -0.381 e. The van der Waals surface area contributed by atoms with E-state index < -0.39 is 6.03 Å². The zero-order chi connectivity index (χ0) is 14.0. The van der Waals surface area contributed by atoms with Gasteiger partial charge in [0.1, 0.15) is 0 Å². The van der Waals surface area contributed by atoms with Crippen molar-refractivity contribution in [2.75, 3.05) is 13.2 Å². The molecular weight excluding hydrogens is 252 g/mol. The lowest BCUT2D eigenvalue weighted by atomic mass is 10.2. The predicted octanol–water partition coefficient (Wildman–Crippen LogP) is 2.36. The molecule has 0 aliphatic carbocycles. The molecule has 0 bridgehead atoms. The van der Waals surface area contributed by atoms with Gasteiger partial charge in [0.2, 0.25) is 6.41 Å². The van der Waals surface area contributed by atoms with Gasteiger partial charge >= 0.3 is 6.03 Å². The summed E-state index contributed by atoms with van der Waals surface area (Å²) in [5.74, 6) is 0.824. The highest BCUT2D eigenvalue weighted by Crippen LogP contribution is 2.09. The first-order valence-corrected chi connectivity index (χ1v) is 6.38. The summed E-state index contributed by atoms with van der Waals surface area (Å²) in [6.07, 6.45) is 3.98. The number of ether oxygens (including phenoxy) is 1. The summed E-state index contributed by atoms with van der Waals surface area (Å²) in [7, 11) is 0. The van der Waals surface area contributed by atoms with E-state index in [1.165, 1.54) is 6.42 Å². The molecule has 5 nitrogen and oxygen atoms in total. The van der Waals surface area contributed by atoms with Gasteiger partial charge in [0, 0.05) is 19.4 Å². The number of thiol groups is 1. The number of carbonyl (C=O) groups is 2. The summed E-state index contributed by atoms with van der Waals surface area (Å²) in [6, 6.07) is -0.555. The van der Waals surface area contributed by atoms with Gasteiger partial charge < -0.3 is 4.74 Å². The first-order valence-electron chi connectivity index (χ1n) is 5.98. The van der Waals surface area contributed by atoms with E-state index >= 15 is 0 Å². The first-order chi connectivity index (χ1) is 8.51. The van der Waals surface area contributed by atoms with Gasteiger partial charge in [0.25, 0.3) is 0 Å². The monoisotopic (exact) mass is 274 g/mol. The van der Waals surface area contributed by atoms with E-state index in [1.54, 1.807) is 6.20 Å². The smallest absolute Gasteiger partial charge is 0.337 e. The molecule has 1 fully saturated rings. The van der Waals surface area contributed by atoms with E-state index in [4.69, 9.17) is 4.74 Å². The van der Waals surface area contributed by atoms with Crippen LogP contribution in [-0.4, -0.2) is 30.0 Å². The van der Waals surface area contributed by atoms with Crippen molar-refractivity contribution in [1.82, 2.24) is 9.62 Å². The van der Waals surface area contributed by atoms with Crippen molar-refractivity contribution in [3.8, 4) is 0 Å². The fourth-order valence-corrected chi connectivity index (χ4v) is 1.38. The average Bonchev–Trinajstić information content (AvgIpc) is 2.81. The average molecular weight is 274 g/mol. The second kappa shape index (κ2) is 9.96. The van der Waals surface area contributed by atoms with E-state index in [1.807, 2.05) is 19.2 Å². The Bertz CT molecular complexity index is 289. The Hall–Kier alpha value is -1.01. The summed E-state index contributed by atoms with van der Waals surface area (Å²) >= 11 is 3.84. The predicted molar refractivity (Wildman–Crippen MR) is 74.1 cm³/mol. The van der Waals surface area contributed by atoms with Crippen molar-refractivity contribution in [1.29, 1.82) is 0 Å². The van der Waals surface area contributed by atoms with E-state index in [0.717, 1.165) is 35.4 Å². The van der Waals surface area contributed by atoms with E-state index in [9.17, 15) is 9.59 Å². The van der Waals surface area contributed by atoms with E-state index in [-0.39, 0.29) is 0 Å². The van der Waals surface area contributed by atoms with Crippen molar-refractivity contribution in [3.63, 3.8) is 0 Å². The van der Waals surface area contributed by atoms with E-state index in [2.05, 4.69) is 19.7 Å². The maximum atomic E-state index is 10.9. The highest BCUT2D eigenvalue weighted by Gasteiger charge is 2.07. The molecule has 0 aromatic carbocycles. The minimum atomic E-state index is -0.555. The molecule has 6 heteroatoms. The third-order valence-corrected chi connectivity index (χ3v) is 2.75. The standard InChI is InChI=1S/C7H12N2O2S.C5H10O/c1-3-6(2)4-9(12)7(11)8-5-10;1-5-2-3-6-4-5/h4-5,12H,3H2,1-2H3,(H,8,10,11);5H,2-4H2,1H3/b6-4-;. The summed E-state index contributed by atoms with van der Waals surface area (Å²) < 4.78 is 6.09. The van der Waals surface area contributed by atoms with Gasteiger partial charge in [-0.2, -0.15) is 0 Å². The Labute approximate surface area is 114 Å². The Morgan fingerprint density at radius 2 is 2.28 bits per heavy atom. The van der Waals surface area contributed by atoms with Crippen LogP contribution in [0, 0.1) is 5.92 Å². The summed E-state index contributed by atoms with van der Waals surface area (Å²) in [4.78, 5) is 20.7. The van der Waals surface area contributed by atoms with Crippen molar-refractivity contribution < 1.29 is 14.3 Å². The maximum Gasteiger partial charge on any atom is 0.337 e. The summed E-state index contributed by atoms with van der Waals surface area (Å²) in [6.45, 7) is 8.02. The number of rotatable bonds is 3. The quantitative estimate of drug-likeness (QED) is 0.613. The van der Waals surface area contributed by atoms with Crippen LogP contribution in [0.5, 0.6) is 0 Å². The number of allylic oxidation sites excluding steroid dienone is 1. The molecule has 0 aromatic rings. The van der Waals surface area contributed by atoms with Crippen LogP contribution in [-0.2, 0) is 9.53 Å². The molecule has 0 saturated carbocycles. The van der Waals surface area contributed by atoms with Gasteiger partial charge in [-0.1, -0.05) is 32.2 Å². The molecule has 1 heterocycles. The van der Waals surface area contributed by atoms with E-state index in [0.29, 0.717) is 6.41 Å². The number of imide groups is 1. The van der Waals surface area contributed by atoms with Crippen LogP contribution in [0.3, 0.4) is 0 Å². The Balaban J connectivity index is 0.000000397. The molecular formula is C12H22N2O3S. The molecule has 1 aliphatic rings. The van der Waals surface area contributed by atoms with Gasteiger partial charge in [0.05, 0.1) is 0 Å². The highest BCUT2D eigenvalue weighted by molar-refractivity contribution is 7.78. The van der Waals surface area contributed by atoms with Crippen LogP contribution in [0.15, 0.2) is 11.8 Å². The Morgan fingerprint density at radius 1 is 1.61 bits per heavy atom. The largest absolute Gasteiger partial charge is 0.381 e. The number of urea groups is 1. The van der Waals surface area contributed by atoms with Crippen LogP contribution in [0.4, 0.5) is 4.79 Å². The second-order valence-corrected chi connectivity index (χ2v) is 4.64. The van der Waals surface area contributed by atoms with Gasteiger partial charge in [-0.25, -0.2) is 9.10 Å². The molecule has 1 atom stereocenters. The number of hydrogen-bond donors (Lipinski definition) is 2. The lowest BCUT2D eigenvalue weighted by molar-refractivity contribution is -0.108. The molecule has 1 aliphatic heterocycles. The van der Waals surface area contributed by atoms with Crippen LogP contribution in [0.1, 0.15) is 33.6 Å². The lowest BCUT2D eigenvalue weighted by Crippen LogP contribution is -2.29. The lowest BCUT2D eigenvalue weighted by Gasteiger charge is -2.09. The van der Waals surface area contributed by atoms with Crippen LogP contribution in [0.2, 0.25) is 0 Å². The number of nitrogens with zero attached hydrogens (tertiary/aromatic N) is 1. The zero-order valence-electron chi connectivity index (χ0n) is 11.2. The van der Waals surface area contributed by atoms with Gasteiger partial charge in [-0.3, -0.25) is 10.1 Å². The van der Waals surface area contributed by atoms with Crippen molar-refractivity contribution in [2.45, 2.75) is 33.6 Å². The third kappa shape index (κ3) is 8.14. The normalized spacial score (nSPS) is 18.7. The molecule has 0 spiro atoms. The van der Waals surface area contributed by atoms with Crippen LogP contribution >= 0.6 is 12.8 Å². The van der Waals surface area contributed by atoms with Crippen LogP contribution in [0.25, 0.3) is 0 Å². The number of hydrogen-bond acceptors (Lipinski definition) is 4. The fraction of sp³-hybridized carbons (Fsp3) is 0.667. The summed E-state index contributed by atoms with van der Waals surface area (Å²) in [5.41, 5.74) is 1.01. The zero-order valence-corrected chi connectivity index (χ0v) is 12.1. The van der Waals surface area contributed by atoms with Gasteiger partial charge in [-0.15, -0.1) is 0 Å². The molecule has 1 saturated heterocycles. The van der Waals surface area contributed by atoms with Crippen molar-refractivity contribution in [2.24, 2.45) is 5.92 Å². The van der Waals surface area contributed by atoms with Crippen LogP contribution < -0.4 is 5.32 Å². The molecule has 18 heavy (non-hydrogen) atoms. The topological polar surface area (TPSA) is 58.6 Å². The van der Waals surface area contributed by atoms with Gasteiger partial charge in [0.15, 0.2) is 0 Å². The SMILES string of the molecule is CC/C(C)=C\N(S)C(=O)NC=O.CC1CCOC1. The molecule has 1 N–H and O–H groups in total. The third-order valence-electron chi connectivity index (χ3n) is 2.45. The first kappa shape index (κ1) is 17.0. The maximum absolute atomic E-state index is 10.9. The molecule has 1 rings (SSSR count). The Kier molecular flexibility index (Phi) is 9.40. The second-order valence-electron chi connectivity index (χ2n) is 4.21.